The average Bonchev–Trinajstić information content (AvgIpc) is 2.82. The number of nitrogens with zero attached hydrogens (tertiary/aromatic N) is 2. The number of nitrogens with one attached hydrogen (secondary N) is 1. The summed E-state index contributed by atoms with van der Waals surface area (Å²) in [6.07, 6.45) is 6.07. The molecule has 4 nitrogen and oxygen atoms in total. The van der Waals surface area contributed by atoms with Crippen molar-refractivity contribution in [1.82, 2.24) is 9.97 Å². The predicted octanol–water partition coefficient (Wildman–Crippen LogP) is 3.61. The molecule has 0 radical (unpaired) electrons. The smallest absolute Gasteiger partial charge is 0.256 e. The van der Waals surface area contributed by atoms with Crippen molar-refractivity contribution in [3.63, 3.8) is 0 Å². The van der Waals surface area contributed by atoms with Gasteiger partial charge in [-0.05, 0) is 25.3 Å². The third-order valence-electron chi connectivity index (χ3n) is 3.14. The molecule has 0 aliphatic rings. The molecule has 0 aromatic carbocycles. The molecule has 2 rings (SSSR count). The minimum absolute atomic E-state index is 0.0851. The van der Waals surface area contributed by atoms with E-state index in [1.54, 1.807) is 23.7 Å². The van der Waals surface area contributed by atoms with E-state index in [4.69, 9.17) is 0 Å². The summed E-state index contributed by atoms with van der Waals surface area (Å²) in [5, 5.41) is 4.77. The molecule has 2 heterocycles. The molecule has 0 bridgehead atoms. The van der Waals surface area contributed by atoms with Gasteiger partial charge in [-0.1, -0.05) is 13.8 Å². The molecule has 0 atom stereocenters. The van der Waals surface area contributed by atoms with Crippen molar-refractivity contribution in [2.45, 2.75) is 40.0 Å². The topological polar surface area (TPSA) is 54.9 Å². The van der Waals surface area contributed by atoms with Crippen LogP contribution in [0, 0.1) is 6.92 Å². The van der Waals surface area contributed by atoms with Gasteiger partial charge in [-0.2, -0.15) is 0 Å². The number of carbonyl (C=O) groups excluding carboxylic acids is 1. The van der Waals surface area contributed by atoms with Crippen molar-refractivity contribution in [2.75, 3.05) is 5.32 Å². The first kappa shape index (κ1) is 14.7. The van der Waals surface area contributed by atoms with E-state index in [0.717, 1.165) is 36.2 Å². The average molecular weight is 289 g/mol. The van der Waals surface area contributed by atoms with Gasteiger partial charge in [0, 0.05) is 16.7 Å². The van der Waals surface area contributed by atoms with Crippen molar-refractivity contribution in [1.29, 1.82) is 0 Å². The van der Waals surface area contributed by atoms with Gasteiger partial charge < -0.3 is 5.32 Å². The highest BCUT2D eigenvalue weighted by atomic mass is 32.1. The lowest BCUT2D eigenvalue weighted by molar-refractivity contribution is 0.102. The van der Waals surface area contributed by atoms with Crippen molar-refractivity contribution < 1.29 is 4.79 Å². The van der Waals surface area contributed by atoms with Crippen molar-refractivity contribution in [3.8, 4) is 0 Å². The summed E-state index contributed by atoms with van der Waals surface area (Å²) in [6.45, 7) is 6.20. The fraction of sp³-hybridized carbons (Fsp3) is 0.400. The summed E-state index contributed by atoms with van der Waals surface area (Å²) < 4.78 is 0. The molecule has 1 amide bonds. The number of anilines is 1. The van der Waals surface area contributed by atoms with Crippen LogP contribution >= 0.6 is 11.3 Å². The lowest BCUT2D eigenvalue weighted by atomic mass is 10.1. The first-order valence-electron chi connectivity index (χ1n) is 6.84. The fourth-order valence-corrected chi connectivity index (χ4v) is 3.02. The minimum Gasteiger partial charge on any atom is -0.319 e. The zero-order chi connectivity index (χ0) is 14.5. The van der Waals surface area contributed by atoms with Gasteiger partial charge in [0.15, 0.2) is 0 Å². The number of thiophene rings is 1. The van der Waals surface area contributed by atoms with Gasteiger partial charge in [0.05, 0.1) is 23.6 Å². The van der Waals surface area contributed by atoms with E-state index in [0.29, 0.717) is 5.69 Å². The molecule has 0 saturated heterocycles. The Morgan fingerprint density at radius 3 is 2.60 bits per heavy atom. The second-order valence-electron chi connectivity index (χ2n) is 4.63. The van der Waals surface area contributed by atoms with Crippen LogP contribution in [0.25, 0.3) is 0 Å². The van der Waals surface area contributed by atoms with Crippen LogP contribution in [0.15, 0.2) is 17.8 Å². The van der Waals surface area contributed by atoms with Gasteiger partial charge >= 0.3 is 0 Å². The summed E-state index contributed by atoms with van der Waals surface area (Å²) in [6, 6.07) is 0. The number of hydrogen-bond acceptors (Lipinski definition) is 4. The van der Waals surface area contributed by atoms with Gasteiger partial charge in [-0.25, -0.2) is 9.97 Å². The highest BCUT2D eigenvalue weighted by Crippen LogP contribution is 2.23. The van der Waals surface area contributed by atoms with Crippen LogP contribution in [0.2, 0.25) is 0 Å². The lowest BCUT2D eigenvalue weighted by Crippen LogP contribution is -2.13. The molecule has 1 N–H and O–H groups in total. The van der Waals surface area contributed by atoms with E-state index in [1.165, 1.54) is 4.88 Å². The van der Waals surface area contributed by atoms with Crippen molar-refractivity contribution in [2.24, 2.45) is 0 Å². The fourth-order valence-electron chi connectivity index (χ4n) is 2.08. The molecule has 0 saturated carbocycles. The van der Waals surface area contributed by atoms with Crippen LogP contribution in [-0.2, 0) is 12.8 Å². The molecular weight excluding hydrogens is 270 g/mol. The monoisotopic (exact) mass is 289 g/mol. The van der Waals surface area contributed by atoms with Crippen LogP contribution in [0.4, 0.5) is 5.69 Å². The van der Waals surface area contributed by atoms with E-state index >= 15 is 0 Å². The molecular formula is C15H19N3OS. The normalized spacial score (nSPS) is 10.6. The van der Waals surface area contributed by atoms with E-state index in [9.17, 15) is 4.79 Å². The lowest BCUT2D eigenvalue weighted by Gasteiger charge is -2.06. The van der Waals surface area contributed by atoms with E-state index < -0.39 is 0 Å². The largest absolute Gasteiger partial charge is 0.319 e. The third kappa shape index (κ3) is 3.22. The zero-order valence-corrected chi connectivity index (χ0v) is 12.9. The highest BCUT2D eigenvalue weighted by molar-refractivity contribution is 7.10. The quantitative estimate of drug-likeness (QED) is 0.914. The maximum Gasteiger partial charge on any atom is 0.256 e. The summed E-state index contributed by atoms with van der Waals surface area (Å²) in [7, 11) is 0. The van der Waals surface area contributed by atoms with Gasteiger partial charge in [0.1, 0.15) is 5.82 Å². The predicted molar refractivity (Wildman–Crippen MR) is 82.4 cm³/mol. The van der Waals surface area contributed by atoms with Crippen LogP contribution in [0.5, 0.6) is 0 Å². The van der Waals surface area contributed by atoms with Crippen LogP contribution in [-0.4, -0.2) is 15.9 Å². The molecule has 20 heavy (non-hydrogen) atoms. The first-order chi connectivity index (χ1) is 9.65. The van der Waals surface area contributed by atoms with Gasteiger partial charge in [0.2, 0.25) is 0 Å². The number of aryl methyl sites for hydroxylation is 2. The first-order valence-corrected chi connectivity index (χ1v) is 7.72. The number of amides is 1. The van der Waals surface area contributed by atoms with Crippen LogP contribution in [0.1, 0.15) is 46.9 Å². The Hall–Kier alpha value is -1.75. The summed E-state index contributed by atoms with van der Waals surface area (Å²) >= 11 is 1.61. The molecule has 5 heteroatoms. The Morgan fingerprint density at radius 1 is 1.30 bits per heavy atom. The molecule has 0 aliphatic heterocycles. The zero-order valence-electron chi connectivity index (χ0n) is 12.1. The molecule has 0 aliphatic carbocycles. The molecule has 2 aromatic rings. The summed E-state index contributed by atoms with van der Waals surface area (Å²) in [5.74, 6) is 0.726. The number of hydrogen-bond donors (Lipinski definition) is 1. The molecule has 0 spiro atoms. The standard InChI is InChI=1S/C15H19N3OS/c1-4-6-14-16-7-11(8-17-14)18-15(19)13-9-20-10(3)12(13)5-2/h7-9H,4-6H2,1-3H3,(H,18,19). The number of aromatic nitrogens is 2. The Morgan fingerprint density at radius 2 is 2.00 bits per heavy atom. The van der Waals surface area contributed by atoms with Gasteiger partial charge in [-0.15, -0.1) is 11.3 Å². The van der Waals surface area contributed by atoms with Crippen LogP contribution in [0.3, 0.4) is 0 Å². The Balaban J connectivity index is 2.11. The summed E-state index contributed by atoms with van der Waals surface area (Å²) in [4.78, 5) is 21.9. The van der Waals surface area contributed by atoms with Gasteiger partial charge in [-0.3, -0.25) is 4.79 Å². The van der Waals surface area contributed by atoms with Crippen molar-refractivity contribution >= 4 is 22.9 Å². The van der Waals surface area contributed by atoms with E-state index in [1.807, 2.05) is 12.3 Å². The van der Waals surface area contributed by atoms with Crippen molar-refractivity contribution in [3.05, 3.63) is 39.6 Å². The van der Waals surface area contributed by atoms with Gasteiger partial charge in [0.25, 0.3) is 5.91 Å². The SMILES string of the molecule is CCCc1ncc(NC(=O)c2csc(C)c2CC)cn1. The third-order valence-corrected chi connectivity index (χ3v) is 4.09. The second kappa shape index (κ2) is 6.61. The second-order valence-corrected chi connectivity index (χ2v) is 5.71. The Labute approximate surface area is 123 Å². The molecule has 2 aromatic heterocycles. The molecule has 106 valence electrons. The van der Waals surface area contributed by atoms with Crippen LogP contribution < -0.4 is 5.32 Å². The van der Waals surface area contributed by atoms with E-state index in [-0.39, 0.29) is 5.91 Å². The highest BCUT2D eigenvalue weighted by Gasteiger charge is 2.14. The maximum atomic E-state index is 12.3. The minimum atomic E-state index is -0.0851. The molecule has 0 fully saturated rings. The maximum absolute atomic E-state index is 12.3. The Bertz CT molecular complexity index is 590. The Kier molecular flexibility index (Phi) is 4.84. The van der Waals surface area contributed by atoms with E-state index in [2.05, 4.69) is 29.1 Å². The number of rotatable bonds is 5. The number of carbonyl (C=O) groups is 1. The molecule has 0 unspecified atom stereocenters. The summed E-state index contributed by atoms with van der Waals surface area (Å²) in [5.41, 5.74) is 2.52.